The van der Waals surface area contributed by atoms with Crippen molar-refractivity contribution in [2.24, 2.45) is 0 Å². The zero-order valence-electron chi connectivity index (χ0n) is 10.0. The van der Waals surface area contributed by atoms with Crippen LogP contribution in [-0.2, 0) is 9.47 Å². The molecule has 1 aliphatic rings. The highest BCUT2D eigenvalue weighted by Crippen LogP contribution is 2.31. The quantitative estimate of drug-likeness (QED) is 0.660. The van der Waals surface area contributed by atoms with Crippen LogP contribution in [0.4, 0.5) is 0 Å². The SMILES string of the molecule is COCCNCC1(O)CCOC(C)(C)C1. The Hall–Kier alpha value is -0.160. The number of methoxy groups -OCH3 is 1. The molecule has 0 aromatic carbocycles. The van der Waals surface area contributed by atoms with E-state index in [4.69, 9.17) is 9.47 Å². The highest BCUT2D eigenvalue weighted by molar-refractivity contribution is 4.91. The molecule has 15 heavy (non-hydrogen) atoms. The maximum absolute atomic E-state index is 10.3. The third-order valence-corrected chi connectivity index (χ3v) is 2.75. The monoisotopic (exact) mass is 217 g/mol. The number of hydrogen-bond acceptors (Lipinski definition) is 4. The Morgan fingerprint density at radius 2 is 2.20 bits per heavy atom. The van der Waals surface area contributed by atoms with Crippen LogP contribution >= 0.6 is 0 Å². The molecule has 0 spiro atoms. The minimum atomic E-state index is -0.629. The van der Waals surface area contributed by atoms with Gasteiger partial charge in [0.25, 0.3) is 0 Å². The van der Waals surface area contributed by atoms with E-state index < -0.39 is 5.60 Å². The Kier molecular flexibility index (Phi) is 4.52. The van der Waals surface area contributed by atoms with Gasteiger partial charge in [-0.15, -0.1) is 0 Å². The van der Waals surface area contributed by atoms with Crippen molar-refractivity contribution in [3.63, 3.8) is 0 Å². The molecule has 2 N–H and O–H groups in total. The second kappa shape index (κ2) is 5.25. The van der Waals surface area contributed by atoms with Crippen LogP contribution in [0.2, 0.25) is 0 Å². The molecular weight excluding hydrogens is 194 g/mol. The summed E-state index contributed by atoms with van der Waals surface area (Å²) in [5, 5.41) is 13.5. The van der Waals surface area contributed by atoms with E-state index in [1.165, 1.54) is 0 Å². The highest BCUT2D eigenvalue weighted by atomic mass is 16.5. The predicted octanol–water partition coefficient (Wildman–Crippen LogP) is 0.542. The Labute approximate surface area is 92.0 Å². The van der Waals surface area contributed by atoms with Crippen molar-refractivity contribution in [2.45, 2.75) is 37.9 Å². The molecule has 0 bridgehead atoms. The van der Waals surface area contributed by atoms with Gasteiger partial charge in [0.05, 0.1) is 24.4 Å². The van der Waals surface area contributed by atoms with Gasteiger partial charge in [0, 0.05) is 33.0 Å². The third-order valence-electron chi connectivity index (χ3n) is 2.75. The number of rotatable bonds is 5. The molecule has 0 aliphatic carbocycles. The number of nitrogens with one attached hydrogen (secondary N) is 1. The predicted molar refractivity (Wildman–Crippen MR) is 59.0 cm³/mol. The van der Waals surface area contributed by atoms with Gasteiger partial charge in [-0.05, 0) is 13.8 Å². The summed E-state index contributed by atoms with van der Waals surface area (Å²) in [5.41, 5.74) is -0.842. The minimum Gasteiger partial charge on any atom is -0.388 e. The van der Waals surface area contributed by atoms with Crippen molar-refractivity contribution in [1.82, 2.24) is 5.32 Å². The van der Waals surface area contributed by atoms with E-state index in [1.54, 1.807) is 7.11 Å². The van der Waals surface area contributed by atoms with E-state index in [2.05, 4.69) is 5.32 Å². The van der Waals surface area contributed by atoms with Gasteiger partial charge in [0.2, 0.25) is 0 Å². The normalized spacial score (nSPS) is 30.4. The van der Waals surface area contributed by atoms with Crippen LogP contribution in [0, 0.1) is 0 Å². The van der Waals surface area contributed by atoms with Crippen LogP contribution in [0.25, 0.3) is 0 Å². The standard InChI is InChI=1S/C11H23NO3/c1-10(2)8-11(13,4-6-15-10)9-12-5-7-14-3/h12-13H,4-9H2,1-3H3. The van der Waals surface area contributed by atoms with Crippen molar-refractivity contribution >= 4 is 0 Å². The number of aliphatic hydroxyl groups is 1. The van der Waals surface area contributed by atoms with Gasteiger partial charge in [0.15, 0.2) is 0 Å². The molecule has 1 saturated heterocycles. The fourth-order valence-corrected chi connectivity index (χ4v) is 2.10. The second-order valence-electron chi connectivity index (χ2n) is 4.93. The first-order valence-electron chi connectivity index (χ1n) is 5.53. The van der Waals surface area contributed by atoms with E-state index in [0.29, 0.717) is 32.6 Å². The zero-order valence-corrected chi connectivity index (χ0v) is 10.0. The molecular formula is C11H23NO3. The molecule has 4 nitrogen and oxygen atoms in total. The van der Waals surface area contributed by atoms with Crippen LogP contribution < -0.4 is 5.32 Å². The first kappa shape index (κ1) is 12.9. The van der Waals surface area contributed by atoms with Gasteiger partial charge in [-0.3, -0.25) is 0 Å². The van der Waals surface area contributed by atoms with E-state index in [-0.39, 0.29) is 5.60 Å². The maximum Gasteiger partial charge on any atom is 0.0820 e. The van der Waals surface area contributed by atoms with Crippen LogP contribution in [0.5, 0.6) is 0 Å². The van der Waals surface area contributed by atoms with E-state index in [9.17, 15) is 5.11 Å². The molecule has 0 saturated carbocycles. The second-order valence-corrected chi connectivity index (χ2v) is 4.93. The van der Waals surface area contributed by atoms with Crippen molar-refractivity contribution < 1.29 is 14.6 Å². The smallest absolute Gasteiger partial charge is 0.0820 e. The lowest BCUT2D eigenvalue weighted by Crippen LogP contribution is -2.51. The Bertz CT molecular complexity index is 196. The molecule has 0 radical (unpaired) electrons. The highest BCUT2D eigenvalue weighted by Gasteiger charge is 2.38. The van der Waals surface area contributed by atoms with Crippen LogP contribution in [0.1, 0.15) is 26.7 Å². The molecule has 1 atom stereocenters. The van der Waals surface area contributed by atoms with Crippen molar-refractivity contribution in [3.05, 3.63) is 0 Å². The summed E-state index contributed by atoms with van der Waals surface area (Å²) in [6.07, 6.45) is 1.39. The first-order chi connectivity index (χ1) is 6.97. The summed E-state index contributed by atoms with van der Waals surface area (Å²) in [5.74, 6) is 0. The van der Waals surface area contributed by atoms with Crippen molar-refractivity contribution in [2.75, 3.05) is 33.4 Å². The molecule has 1 fully saturated rings. The Balaban J connectivity index is 2.31. The van der Waals surface area contributed by atoms with Crippen LogP contribution in [0.15, 0.2) is 0 Å². The lowest BCUT2D eigenvalue weighted by Gasteiger charge is -2.41. The fraction of sp³-hybridized carbons (Fsp3) is 1.00. The summed E-state index contributed by atoms with van der Waals surface area (Å²) >= 11 is 0. The molecule has 0 amide bonds. The molecule has 1 aliphatic heterocycles. The Morgan fingerprint density at radius 3 is 2.80 bits per heavy atom. The fourth-order valence-electron chi connectivity index (χ4n) is 2.10. The molecule has 0 aromatic heterocycles. The summed E-state index contributed by atoms with van der Waals surface area (Å²) < 4.78 is 10.5. The van der Waals surface area contributed by atoms with Gasteiger partial charge < -0.3 is 19.9 Å². The van der Waals surface area contributed by atoms with E-state index >= 15 is 0 Å². The molecule has 1 unspecified atom stereocenters. The van der Waals surface area contributed by atoms with E-state index in [1.807, 2.05) is 13.8 Å². The van der Waals surface area contributed by atoms with Gasteiger partial charge in [-0.2, -0.15) is 0 Å². The third kappa shape index (κ3) is 4.47. The number of ether oxygens (including phenoxy) is 2. The molecule has 4 heteroatoms. The average molecular weight is 217 g/mol. The van der Waals surface area contributed by atoms with E-state index in [0.717, 1.165) is 6.54 Å². The summed E-state index contributed by atoms with van der Waals surface area (Å²) in [6, 6.07) is 0. The van der Waals surface area contributed by atoms with Gasteiger partial charge in [-0.1, -0.05) is 0 Å². The summed E-state index contributed by atoms with van der Waals surface area (Å²) in [4.78, 5) is 0. The molecule has 0 aromatic rings. The largest absolute Gasteiger partial charge is 0.388 e. The number of hydrogen-bond donors (Lipinski definition) is 2. The van der Waals surface area contributed by atoms with Crippen molar-refractivity contribution in [1.29, 1.82) is 0 Å². The van der Waals surface area contributed by atoms with Crippen LogP contribution in [0.3, 0.4) is 0 Å². The average Bonchev–Trinajstić information content (AvgIpc) is 2.10. The first-order valence-corrected chi connectivity index (χ1v) is 5.53. The van der Waals surface area contributed by atoms with Gasteiger partial charge in [-0.25, -0.2) is 0 Å². The molecule has 90 valence electrons. The van der Waals surface area contributed by atoms with Gasteiger partial charge >= 0.3 is 0 Å². The Morgan fingerprint density at radius 1 is 1.47 bits per heavy atom. The van der Waals surface area contributed by atoms with Crippen LogP contribution in [-0.4, -0.2) is 49.7 Å². The zero-order chi connectivity index (χ0) is 11.4. The maximum atomic E-state index is 10.3. The summed E-state index contributed by atoms with van der Waals surface area (Å²) in [7, 11) is 1.67. The lowest BCUT2D eigenvalue weighted by molar-refractivity contribution is -0.142. The minimum absolute atomic E-state index is 0.212. The molecule has 1 heterocycles. The lowest BCUT2D eigenvalue weighted by atomic mass is 9.84. The van der Waals surface area contributed by atoms with Crippen molar-refractivity contribution in [3.8, 4) is 0 Å². The summed E-state index contributed by atoms with van der Waals surface area (Å²) in [6.45, 7) is 6.74. The topological polar surface area (TPSA) is 50.7 Å². The van der Waals surface area contributed by atoms with Gasteiger partial charge in [0.1, 0.15) is 0 Å². The molecule has 1 rings (SSSR count).